The fraction of sp³-hybridized carbons (Fsp3) is 0.429. The molecular formula is C14H18ClNO5. The van der Waals surface area contributed by atoms with Crippen LogP contribution in [0.25, 0.3) is 0 Å². The Balaban J connectivity index is 2.80. The Labute approximate surface area is 128 Å². The lowest BCUT2D eigenvalue weighted by atomic mass is 10.1. The van der Waals surface area contributed by atoms with Crippen molar-refractivity contribution in [2.45, 2.75) is 19.4 Å². The molecule has 1 aromatic rings. The first-order valence-corrected chi connectivity index (χ1v) is 6.75. The minimum atomic E-state index is -0.981. The third-order valence-electron chi connectivity index (χ3n) is 2.59. The lowest BCUT2D eigenvalue weighted by molar-refractivity contribution is -0.137. The Morgan fingerprint density at radius 2 is 2.10 bits per heavy atom. The van der Waals surface area contributed by atoms with E-state index in [1.165, 1.54) is 6.07 Å². The van der Waals surface area contributed by atoms with E-state index in [0.717, 1.165) is 0 Å². The van der Waals surface area contributed by atoms with E-state index in [1.54, 1.807) is 26.2 Å². The van der Waals surface area contributed by atoms with Gasteiger partial charge in [-0.2, -0.15) is 0 Å². The van der Waals surface area contributed by atoms with Crippen molar-refractivity contribution in [2.24, 2.45) is 0 Å². The van der Waals surface area contributed by atoms with Gasteiger partial charge in [-0.15, -0.1) is 0 Å². The topological polar surface area (TPSA) is 84.9 Å². The highest BCUT2D eigenvalue weighted by molar-refractivity contribution is 6.31. The van der Waals surface area contributed by atoms with Crippen molar-refractivity contribution in [3.8, 4) is 5.75 Å². The highest BCUT2D eigenvalue weighted by atomic mass is 35.5. The summed E-state index contributed by atoms with van der Waals surface area (Å²) < 4.78 is 10.3. The standard InChI is InChI=1S/C14H18ClNO5/c1-9(7-13(17)18)16-14(19)11-8-10(15)3-4-12(11)21-6-5-20-2/h3-4,8-9H,5-7H2,1-2H3,(H,16,19)(H,17,18). The second-order valence-electron chi connectivity index (χ2n) is 4.45. The number of carbonyl (C=O) groups excluding carboxylic acids is 1. The van der Waals surface area contributed by atoms with Gasteiger partial charge in [-0.1, -0.05) is 11.6 Å². The van der Waals surface area contributed by atoms with Crippen LogP contribution in [-0.4, -0.2) is 43.3 Å². The number of methoxy groups -OCH3 is 1. The summed E-state index contributed by atoms with van der Waals surface area (Å²) in [5.41, 5.74) is 0.260. The number of amides is 1. The van der Waals surface area contributed by atoms with Gasteiger partial charge < -0.3 is 19.9 Å². The van der Waals surface area contributed by atoms with Crippen molar-refractivity contribution in [3.63, 3.8) is 0 Å². The zero-order valence-electron chi connectivity index (χ0n) is 11.9. The van der Waals surface area contributed by atoms with Crippen LogP contribution >= 0.6 is 11.6 Å². The molecule has 1 unspecified atom stereocenters. The number of hydrogen-bond acceptors (Lipinski definition) is 4. The molecule has 0 bridgehead atoms. The first kappa shape index (κ1) is 17.3. The Morgan fingerprint density at radius 1 is 1.38 bits per heavy atom. The molecule has 1 atom stereocenters. The summed E-state index contributed by atoms with van der Waals surface area (Å²) in [6.45, 7) is 2.30. The lowest BCUT2D eigenvalue weighted by Crippen LogP contribution is -2.34. The van der Waals surface area contributed by atoms with E-state index in [4.69, 9.17) is 26.2 Å². The van der Waals surface area contributed by atoms with Crippen LogP contribution in [0.4, 0.5) is 0 Å². The third kappa shape index (κ3) is 6.01. The number of benzene rings is 1. The fourth-order valence-corrected chi connectivity index (χ4v) is 1.83. The van der Waals surface area contributed by atoms with Gasteiger partial charge >= 0.3 is 5.97 Å². The minimum Gasteiger partial charge on any atom is -0.490 e. The number of aliphatic carboxylic acids is 1. The SMILES string of the molecule is COCCOc1ccc(Cl)cc1C(=O)NC(C)CC(=O)O. The summed E-state index contributed by atoms with van der Waals surface area (Å²) in [5, 5.41) is 11.7. The van der Waals surface area contributed by atoms with Crippen LogP contribution in [-0.2, 0) is 9.53 Å². The van der Waals surface area contributed by atoms with Crippen LogP contribution in [0.3, 0.4) is 0 Å². The number of halogens is 1. The monoisotopic (exact) mass is 315 g/mol. The number of carbonyl (C=O) groups is 2. The van der Waals surface area contributed by atoms with Gasteiger partial charge in [0.25, 0.3) is 5.91 Å². The van der Waals surface area contributed by atoms with E-state index >= 15 is 0 Å². The van der Waals surface area contributed by atoms with Crippen LogP contribution in [0.5, 0.6) is 5.75 Å². The molecule has 2 N–H and O–H groups in total. The van der Waals surface area contributed by atoms with Crippen LogP contribution < -0.4 is 10.1 Å². The van der Waals surface area contributed by atoms with Gasteiger partial charge in [-0.3, -0.25) is 9.59 Å². The van der Waals surface area contributed by atoms with Crippen molar-refractivity contribution < 1.29 is 24.2 Å². The number of carboxylic acids is 1. The second kappa shape index (κ2) is 8.49. The highest BCUT2D eigenvalue weighted by Gasteiger charge is 2.17. The van der Waals surface area contributed by atoms with E-state index in [-0.39, 0.29) is 12.0 Å². The molecule has 1 amide bonds. The predicted octanol–water partition coefficient (Wildman–Crippen LogP) is 1.96. The van der Waals surface area contributed by atoms with Gasteiger partial charge in [0.05, 0.1) is 18.6 Å². The molecule has 7 heteroatoms. The van der Waals surface area contributed by atoms with E-state index in [1.807, 2.05) is 0 Å². The fourth-order valence-electron chi connectivity index (χ4n) is 1.65. The molecule has 116 valence electrons. The maximum atomic E-state index is 12.2. The van der Waals surface area contributed by atoms with Crippen molar-refractivity contribution in [1.29, 1.82) is 0 Å². The molecule has 0 saturated heterocycles. The van der Waals surface area contributed by atoms with Crippen molar-refractivity contribution in [3.05, 3.63) is 28.8 Å². The quantitative estimate of drug-likeness (QED) is 0.716. The summed E-state index contributed by atoms with van der Waals surface area (Å²) in [6, 6.07) is 4.18. The maximum absolute atomic E-state index is 12.2. The largest absolute Gasteiger partial charge is 0.490 e. The van der Waals surface area contributed by atoms with Crippen LogP contribution in [0, 0.1) is 0 Å². The summed E-state index contributed by atoms with van der Waals surface area (Å²) in [6.07, 6.45) is -0.161. The zero-order valence-corrected chi connectivity index (χ0v) is 12.6. The first-order chi connectivity index (χ1) is 9.93. The molecule has 0 saturated carbocycles. The number of hydrogen-bond donors (Lipinski definition) is 2. The number of carboxylic acid groups (broad SMARTS) is 1. The minimum absolute atomic E-state index is 0.161. The molecule has 0 aliphatic carbocycles. The summed E-state index contributed by atoms with van der Waals surface area (Å²) in [5.74, 6) is -1.04. The average Bonchev–Trinajstić information content (AvgIpc) is 2.39. The predicted molar refractivity (Wildman–Crippen MR) is 78.0 cm³/mol. The molecule has 0 aliphatic heterocycles. The third-order valence-corrected chi connectivity index (χ3v) is 2.82. The smallest absolute Gasteiger partial charge is 0.305 e. The van der Waals surface area contributed by atoms with Gasteiger partial charge in [-0.25, -0.2) is 0 Å². The number of nitrogens with one attached hydrogen (secondary N) is 1. The average molecular weight is 316 g/mol. The van der Waals surface area contributed by atoms with Gasteiger partial charge in [-0.05, 0) is 25.1 Å². The molecule has 1 rings (SSSR count). The van der Waals surface area contributed by atoms with Crippen LogP contribution in [0.2, 0.25) is 5.02 Å². The highest BCUT2D eigenvalue weighted by Crippen LogP contribution is 2.23. The molecule has 0 aliphatic rings. The molecule has 0 radical (unpaired) electrons. The van der Waals surface area contributed by atoms with Crippen molar-refractivity contribution in [1.82, 2.24) is 5.32 Å². The normalized spacial score (nSPS) is 11.8. The Morgan fingerprint density at radius 3 is 2.71 bits per heavy atom. The summed E-state index contributed by atoms with van der Waals surface area (Å²) in [7, 11) is 1.55. The molecular weight excluding hydrogens is 298 g/mol. The van der Waals surface area contributed by atoms with Gasteiger partial charge in [0.15, 0.2) is 0 Å². The van der Waals surface area contributed by atoms with Crippen molar-refractivity contribution in [2.75, 3.05) is 20.3 Å². The molecule has 0 fully saturated rings. The van der Waals surface area contributed by atoms with Crippen molar-refractivity contribution >= 4 is 23.5 Å². The number of ether oxygens (including phenoxy) is 2. The second-order valence-corrected chi connectivity index (χ2v) is 4.89. The summed E-state index contributed by atoms with van der Waals surface area (Å²) in [4.78, 5) is 22.8. The maximum Gasteiger partial charge on any atom is 0.305 e. The molecule has 21 heavy (non-hydrogen) atoms. The van der Waals surface area contributed by atoms with E-state index in [9.17, 15) is 9.59 Å². The molecule has 1 aromatic carbocycles. The first-order valence-electron chi connectivity index (χ1n) is 6.38. The molecule has 0 heterocycles. The van der Waals surface area contributed by atoms with E-state index in [0.29, 0.717) is 24.0 Å². The Bertz CT molecular complexity index is 506. The summed E-state index contributed by atoms with van der Waals surface area (Å²) >= 11 is 5.89. The van der Waals surface area contributed by atoms with E-state index < -0.39 is 17.9 Å². The van der Waals surface area contributed by atoms with Crippen LogP contribution in [0.15, 0.2) is 18.2 Å². The molecule has 0 aromatic heterocycles. The van der Waals surface area contributed by atoms with Gasteiger partial charge in [0, 0.05) is 18.2 Å². The van der Waals surface area contributed by atoms with Gasteiger partial charge in [0.1, 0.15) is 12.4 Å². The van der Waals surface area contributed by atoms with Crippen LogP contribution in [0.1, 0.15) is 23.7 Å². The molecule has 0 spiro atoms. The Hall–Kier alpha value is -1.79. The Kier molecular flexibility index (Phi) is 6.98. The molecule has 6 nitrogen and oxygen atoms in total. The number of rotatable bonds is 8. The van der Waals surface area contributed by atoms with Gasteiger partial charge in [0.2, 0.25) is 0 Å². The zero-order chi connectivity index (χ0) is 15.8. The lowest BCUT2D eigenvalue weighted by Gasteiger charge is -2.15. The van der Waals surface area contributed by atoms with E-state index in [2.05, 4.69) is 5.32 Å².